The number of hydrogen-bond donors (Lipinski definition) is 1. The molecule has 1 unspecified atom stereocenters. The van der Waals surface area contributed by atoms with Crippen LogP contribution in [0.15, 0.2) is 0 Å². The van der Waals surface area contributed by atoms with Crippen LogP contribution < -0.4 is 0 Å². The van der Waals surface area contributed by atoms with Gasteiger partial charge >= 0.3 is 5.97 Å². The number of carboxylic acid groups (broad SMARTS) is 1. The third-order valence-electron chi connectivity index (χ3n) is 5.15. The standard InChI is InChI=1S/C16H25NO4/c18-15(13-3-1-2-4-14(13)16(19)20)17(12-5-6-12)9-11-7-8-21-10-11/h11-14H,1-10H2,(H,19,20)/t11?,13-,14+/m1/s1. The van der Waals surface area contributed by atoms with Crippen molar-refractivity contribution in [2.24, 2.45) is 17.8 Å². The first-order valence-electron chi connectivity index (χ1n) is 8.28. The topological polar surface area (TPSA) is 66.8 Å². The van der Waals surface area contributed by atoms with Gasteiger partial charge in [0, 0.05) is 25.1 Å². The molecule has 0 aromatic rings. The highest BCUT2D eigenvalue weighted by molar-refractivity contribution is 5.85. The second kappa shape index (κ2) is 6.34. The predicted octanol–water partition coefficient (Wildman–Crippen LogP) is 1.90. The van der Waals surface area contributed by atoms with E-state index in [4.69, 9.17) is 4.74 Å². The van der Waals surface area contributed by atoms with Crippen LogP contribution in [-0.2, 0) is 14.3 Å². The normalized spacial score (nSPS) is 32.9. The maximum absolute atomic E-state index is 12.9. The van der Waals surface area contributed by atoms with Crippen LogP contribution in [0.4, 0.5) is 0 Å². The Morgan fingerprint density at radius 1 is 1.05 bits per heavy atom. The van der Waals surface area contributed by atoms with Gasteiger partial charge in [0.05, 0.1) is 18.4 Å². The van der Waals surface area contributed by atoms with Crippen LogP contribution in [0.2, 0.25) is 0 Å². The number of nitrogens with zero attached hydrogens (tertiary/aromatic N) is 1. The minimum atomic E-state index is -0.798. The zero-order valence-electron chi connectivity index (χ0n) is 12.5. The molecule has 5 nitrogen and oxygen atoms in total. The lowest BCUT2D eigenvalue weighted by atomic mass is 9.78. The molecule has 1 N–H and O–H groups in total. The first-order valence-corrected chi connectivity index (χ1v) is 8.28. The summed E-state index contributed by atoms with van der Waals surface area (Å²) in [5.74, 6) is -1.06. The lowest BCUT2D eigenvalue weighted by Crippen LogP contribution is -2.45. The van der Waals surface area contributed by atoms with Gasteiger partial charge < -0.3 is 14.7 Å². The highest BCUT2D eigenvalue weighted by atomic mass is 16.5. The van der Waals surface area contributed by atoms with Gasteiger partial charge in [-0.2, -0.15) is 0 Å². The van der Waals surface area contributed by atoms with Crippen molar-refractivity contribution in [3.63, 3.8) is 0 Å². The molecule has 1 saturated heterocycles. The molecule has 1 heterocycles. The van der Waals surface area contributed by atoms with Crippen LogP contribution in [0.1, 0.15) is 44.9 Å². The molecule has 3 aliphatic rings. The number of carboxylic acids is 1. The molecule has 0 spiro atoms. The number of carbonyl (C=O) groups excluding carboxylic acids is 1. The Kier molecular flexibility index (Phi) is 4.48. The first-order chi connectivity index (χ1) is 10.2. The van der Waals surface area contributed by atoms with Gasteiger partial charge in [-0.3, -0.25) is 9.59 Å². The van der Waals surface area contributed by atoms with E-state index in [2.05, 4.69) is 0 Å². The van der Waals surface area contributed by atoms with Crippen molar-refractivity contribution in [1.82, 2.24) is 4.90 Å². The van der Waals surface area contributed by atoms with E-state index >= 15 is 0 Å². The average Bonchev–Trinajstić information content (AvgIpc) is 3.20. The van der Waals surface area contributed by atoms with Crippen molar-refractivity contribution in [2.45, 2.75) is 51.0 Å². The maximum Gasteiger partial charge on any atom is 0.307 e. The highest BCUT2D eigenvalue weighted by Gasteiger charge is 2.42. The van der Waals surface area contributed by atoms with Crippen molar-refractivity contribution >= 4 is 11.9 Å². The van der Waals surface area contributed by atoms with Crippen LogP contribution >= 0.6 is 0 Å². The molecule has 1 amide bonds. The highest BCUT2D eigenvalue weighted by Crippen LogP contribution is 2.36. The Bertz CT molecular complexity index is 401. The second-order valence-electron chi connectivity index (χ2n) is 6.79. The molecule has 5 heteroatoms. The lowest BCUT2D eigenvalue weighted by molar-refractivity contribution is -0.152. The number of rotatable bonds is 5. The molecule has 3 atom stereocenters. The summed E-state index contributed by atoms with van der Waals surface area (Å²) in [6, 6.07) is 0.356. The van der Waals surface area contributed by atoms with Gasteiger partial charge in [0.15, 0.2) is 0 Å². The largest absolute Gasteiger partial charge is 0.481 e. The summed E-state index contributed by atoms with van der Waals surface area (Å²) in [7, 11) is 0. The molecule has 21 heavy (non-hydrogen) atoms. The SMILES string of the molecule is O=C(O)[C@H]1CCCC[C@H]1C(=O)N(CC1CCOC1)C1CC1. The molecule has 3 rings (SSSR count). The monoisotopic (exact) mass is 295 g/mol. The molecule has 1 aliphatic heterocycles. The smallest absolute Gasteiger partial charge is 0.307 e. The van der Waals surface area contributed by atoms with Gasteiger partial charge in [-0.1, -0.05) is 12.8 Å². The van der Waals surface area contributed by atoms with Crippen LogP contribution in [0.3, 0.4) is 0 Å². The summed E-state index contributed by atoms with van der Waals surface area (Å²) >= 11 is 0. The molecule has 2 saturated carbocycles. The van der Waals surface area contributed by atoms with Crippen molar-refractivity contribution in [3.8, 4) is 0 Å². The third-order valence-corrected chi connectivity index (χ3v) is 5.15. The number of aliphatic carboxylic acids is 1. The zero-order chi connectivity index (χ0) is 14.8. The summed E-state index contributed by atoms with van der Waals surface area (Å²) in [6.45, 7) is 2.29. The Balaban J connectivity index is 1.68. The van der Waals surface area contributed by atoms with Gasteiger partial charge in [-0.15, -0.1) is 0 Å². The van der Waals surface area contributed by atoms with Crippen LogP contribution in [-0.4, -0.2) is 47.7 Å². The molecule has 0 bridgehead atoms. The average molecular weight is 295 g/mol. The van der Waals surface area contributed by atoms with E-state index in [1.165, 1.54) is 0 Å². The van der Waals surface area contributed by atoms with E-state index < -0.39 is 11.9 Å². The summed E-state index contributed by atoms with van der Waals surface area (Å²) in [5.41, 5.74) is 0. The van der Waals surface area contributed by atoms with E-state index in [1.807, 2.05) is 4.90 Å². The molecule has 118 valence electrons. The minimum absolute atomic E-state index is 0.0940. The summed E-state index contributed by atoms with van der Waals surface area (Å²) in [4.78, 5) is 26.3. The molecule has 0 radical (unpaired) electrons. The minimum Gasteiger partial charge on any atom is -0.481 e. The third kappa shape index (κ3) is 3.39. The fourth-order valence-corrected chi connectivity index (χ4v) is 3.75. The van der Waals surface area contributed by atoms with Crippen molar-refractivity contribution in [1.29, 1.82) is 0 Å². The van der Waals surface area contributed by atoms with Crippen molar-refractivity contribution in [3.05, 3.63) is 0 Å². The van der Waals surface area contributed by atoms with E-state index in [1.54, 1.807) is 0 Å². The van der Waals surface area contributed by atoms with Crippen LogP contribution in [0.25, 0.3) is 0 Å². The number of hydrogen-bond acceptors (Lipinski definition) is 3. The summed E-state index contributed by atoms with van der Waals surface area (Å²) in [6.07, 6.45) is 6.46. The molecule has 3 fully saturated rings. The summed E-state index contributed by atoms with van der Waals surface area (Å²) < 4.78 is 5.41. The second-order valence-corrected chi connectivity index (χ2v) is 6.79. The molecule has 2 aliphatic carbocycles. The predicted molar refractivity (Wildman–Crippen MR) is 76.7 cm³/mol. The van der Waals surface area contributed by atoms with Crippen LogP contribution in [0, 0.1) is 17.8 Å². The molecule has 0 aromatic heterocycles. The van der Waals surface area contributed by atoms with E-state index in [-0.39, 0.29) is 11.8 Å². The Morgan fingerprint density at radius 3 is 2.33 bits per heavy atom. The summed E-state index contributed by atoms with van der Waals surface area (Å²) in [5, 5.41) is 9.39. The number of carbonyl (C=O) groups is 2. The van der Waals surface area contributed by atoms with Gasteiger partial charge in [-0.05, 0) is 32.1 Å². The fraction of sp³-hybridized carbons (Fsp3) is 0.875. The molecule has 0 aromatic carbocycles. The van der Waals surface area contributed by atoms with Gasteiger partial charge in [0.25, 0.3) is 0 Å². The zero-order valence-corrected chi connectivity index (χ0v) is 12.5. The Labute approximate surface area is 125 Å². The number of ether oxygens (including phenoxy) is 1. The van der Waals surface area contributed by atoms with E-state index in [0.717, 1.165) is 58.3 Å². The number of amides is 1. The van der Waals surface area contributed by atoms with Gasteiger partial charge in [0.1, 0.15) is 0 Å². The molecular weight excluding hydrogens is 270 g/mol. The molecular formula is C16H25NO4. The Morgan fingerprint density at radius 2 is 1.76 bits per heavy atom. The maximum atomic E-state index is 12.9. The van der Waals surface area contributed by atoms with Crippen molar-refractivity contribution < 1.29 is 19.4 Å². The first kappa shape index (κ1) is 14.8. The van der Waals surface area contributed by atoms with Gasteiger partial charge in [-0.25, -0.2) is 0 Å². The van der Waals surface area contributed by atoms with Gasteiger partial charge in [0.2, 0.25) is 5.91 Å². The van der Waals surface area contributed by atoms with E-state index in [0.29, 0.717) is 18.4 Å². The quantitative estimate of drug-likeness (QED) is 0.841. The fourth-order valence-electron chi connectivity index (χ4n) is 3.75. The van der Waals surface area contributed by atoms with E-state index in [9.17, 15) is 14.7 Å². The lowest BCUT2D eigenvalue weighted by Gasteiger charge is -2.34. The Hall–Kier alpha value is -1.10. The van der Waals surface area contributed by atoms with Crippen molar-refractivity contribution in [2.75, 3.05) is 19.8 Å². The van der Waals surface area contributed by atoms with Crippen LogP contribution in [0.5, 0.6) is 0 Å².